The van der Waals surface area contributed by atoms with E-state index in [1.165, 1.54) is 0 Å². The summed E-state index contributed by atoms with van der Waals surface area (Å²) in [7, 11) is 0. The zero-order chi connectivity index (χ0) is 15.1. The van der Waals surface area contributed by atoms with Crippen molar-refractivity contribution in [3.63, 3.8) is 0 Å². The Morgan fingerprint density at radius 2 is 1.90 bits per heavy atom. The molecule has 1 unspecified atom stereocenters. The minimum Gasteiger partial charge on any atom is -0.329 e. The first-order valence-electron chi connectivity index (χ1n) is 7.66. The van der Waals surface area contributed by atoms with Crippen molar-refractivity contribution >= 4 is 0 Å². The van der Waals surface area contributed by atoms with Gasteiger partial charge in [0, 0.05) is 24.9 Å². The number of alkyl halides is 3. The molecule has 2 N–H and O–H groups in total. The maximum Gasteiger partial charge on any atom is 0.393 e. The fraction of sp³-hybridized carbons (Fsp3) is 0.857. The van der Waals surface area contributed by atoms with Crippen molar-refractivity contribution in [3.05, 3.63) is 11.6 Å². The molecule has 4 nitrogen and oxygen atoms in total. The number of halogens is 3. The number of nitrogens with two attached hydrogens (primary N) is 1. The molecule has 2 heterocycles. The minimum absolute atomic E-state index is 0.0527. The third kappa shape index (κ3) is 2.56. The van der Waals surface area contributed by atoms with Crippen LogP contribution in [0.1, 0.15) is 50.2 Å². The quantitative estimate of drug-likeness (QED) is 0.913. The second kappa shape index (κ2) is 5.26. The smallest absolute Gasteiger partial charge is 0.329 e. The highest BCUT2D eigenvalue weighted by molar-refractivity contribution is 5.15. The van der Waals surface area contributed by atoms with Gasteiger partial charge in [0.05, 0.1) is 5.92 Å². The van der Waals surface area contributed by atoms with E-state index in [-0.39, 0.29) is 18.4 Å². The molecule has 1 saturated carbocycles. The highest BCUT2D eigenvalue weighted by atomic mass is 19.4. The van der Waals surface area contributed by atoms with Crippen molar-refractivity contribution in [2.45, 2.75) is 63.1 Å². The average molecular weight is 302 g/mol. The van der Waals surface area contributed by atoms with E-state index in [9.17, 15) is 13.2 Å². The van der Waals surface area contributed by atoms with Crippen LogP contribution in [0.15, 0.2) is 0 Å². The maximum atomic E-state index is 13.0. The van der Waals surface area contributed by atoms with E-state index in [0.29, 0.717) is 24.6 Å². The molecule has 3 rings (SSSR count). The van der Waals surface area contributed by atoms with E-state index in [4.69, 9.17) is 5.73 Å². The second-order valence-electron chi connectivity index (χ2n) is 6.37. The van der Waals surface area contributed by atoms with Gasteiger partial charge >= 0.3 is 6.18 Å². The number of aryl methyl sites for hydroxylation is 1. The molecule has 0 amide bonds. The van der Waals surface area contributed by atoms with Crippen LogP contribution >= 0.6 is 0 Å². The predicted octanol–water partition coefficient (Wildman–Crippen LogP) is 2.56. The third-order valence-electron chi connectivity index (χ3n) is 5.09. The fourth-order valence-electron chi connectivity index (χ4n) is 3.73. The van der Waals surface area contributed by atoms with Crippen LogP contribution in [0, 0.1) is 5.92 Å². The van der Waals surface area contributed by atoms with Crippen molar-refractivity contribution in [2.24, 2.45) is 11.7 Å². The van der Waals surface area contributed by atoms with Crippen LogP contribution in [0.5, 0.6) is 0 Å². The van der Waals surface area contributed by atoms with E-state index < -0.39 is 12.1 Å². The van der Waals surface area contributed by atoms with Crippen LogP contribution in [-0.2, 0) is 18.4 Å². The molecule has 0 bridgehead atoms. The summed E-state index contributed by atoms with van der Waals surface area (Å²) in [5, 5.41) is 8.38. The summed E-state index contributed by atoms with van der Waals surface area (Å²) in [6.07, 6.45) is 1.38. The van der Waals surface area contributed by atoms with Gasteiger partial charge in [-0.2, -0.15) is 13.2 Å². The van der Waals surface area contributed by atoms with E-state index in [1.54, 1.807) is 4.57 Å². The average Bonchev–Trinajstić information content (AvgIpc) is 2.90. The lowest BCUT2D eigenvalue weighted by Gasteiger charge is -2.37. The number of nitrogens with zero attached hydrogens (tertiary/aromatic N) is 3. The molecular weight excluding hydrogens is 281 g/mol. The summed E-state index contributed by atoms with van der Waals surface area (Å²) < 4.78 is 40.8. The molecular formula is C14H21F3N4. The molecule has 2 aliphatic rings. The van der Waals surface area contributed by atoms with Gasteiger partial charge in [0.15, 0.2) is 0 Å². The molecule has 118 valence electrons. The largest absolute Gasteiger partial charge is 0.393 e. The summed E-state index contributed by atoms with van der Waals surface area (Å²) in [4.78, 5) is 0. The van der Waals surface area contributed by atoms with Crippen molar-refractivity contribution in [3.8, 4) is 0 Å². The summed E-state index contributed by atoms with van der Waals surface area (Å²) in [5.74, 6) is 0.0794. The lowest BCUT2D eigenvalue weighted by molar-refractivity contribution is -0.182. The Morgan fingerprint density at radius 3 is 2.52 bits per heavy atom. The van der Waals surface area contributed by atoms with Crippen LogP contribution < -0.4 is 5.73 Å². The third-order valence-corrected chi connectivity index (χ3v) is 5.09. The van der Waals surface area contributed by atoms with Gasteiger partial charge in [-0.25, -0.2) is 0 Å². The van der Waals surface area contributed by atoms with Gasteiger partial charge < -0.3 is 10.3 Å². The highest BCUT2D eigenvalue weighted by Gasteiger charge is 2.45. The molecule has 0 aromatic carbocycles. The van der Waals surface area contributed by atoms with Crippen molar-refractivity contribution in [1.29, 1.82) is 0 Å². The Balaban J connectivity index is 1.94. The van der Waals surface area contributed by atoms with Gasteiger partial charge in [-0.15, -0.1) is 10.2 Å². The van der Waals surface area contributed by atoms with Crippen LogP contribution in [0.25, 0.3) is 0 Å². The van der Waals surface area contributed by atoms with Crippen LogP contribution in [0.3, 0.4) is 0 Å². The zero-order valence-electron chi connectivity index (χ0n) is 12.0. The first-order chi connectivity index (χ1) is 9.96. The van der Waals surface area contributed by atoms with E-state index in [1.807, 2.05) is 0 Å². The number of aromatic nitrogens is 3. The van der Waals surface area contributed by atoms with Gasteiger partial charge in [0.1, 0.15) is 11.6 Å². The Hall–Kier alpha value is -1.11. The van der Waals surface area contributed by atoms with Gasteiger partial charge in [0.2, 0.25) is 0 Å². The normalized spacial score (nSPS) is 25.6. The SMILES string of the molecule is NCC1(c2nnc3n2CC(C(F)(F)F)CC3)CCCCC1. The molecule has 1 fully saturated rings. The van der Waals surface area contributed by atoms with Crippen molar-refractivity contribution < 1.29 is 13.2 Å². The molecule has 1 aliphatic carbocycles. The molecule has 0 saturated heterocycles. The van der Waals surface area contributed by atoms with E-state index >= 15 is 0 Å². The molecule has 0 radical (unpaired) electrons. The second-order valence-corrected chi connectivity index (χ2v) is 6.37. The predicted molar refractivity (Wildman–Crippen MR) is 71.7 cm³/mol. The number of fused-ring (bicyclic) bond motifs is 1. The monoisotopic (exact) mass is 302 g/mol. The summed E-state index contributed by atoms with van der Waals surface area (Å²) in [6.45, 7) is 0.380. The summed E-state index contributed by atoms with van der Waals surface area (Å²) in [6, 6.07) is 0. The standard InChI is InChI=1S/C14H21F3N4/c15-14(16,17)10-4-5-11-19-20-12(21(11)8-10)13(9-18)6-2-1-3-7-13/h10H,1-9,18H2. The molecule has 1 aromatic rings. The van der Waals surface area contributed by atoms with E-state index in [2.05, 4.69) is 10.2 Å². The first kappa shape index (κ1) is 14.8. The molecule has 0 spiro atoms. The number of hydrogen-bond acceptors (Lipinski definition) is 3. The molecule has 21 heavy (non-hydrogen) atoms. The topological polar surface area (TPSA) is 56.7 Å². The van der Waals surface area contributed by atoms with Gasteiger partial charge in [-0.1, -0.05) is 19.3 Å². The number of hydrogen-bond donors (Lipinski definition) is 1. The highest BCUT2D eigenvalue weighted by Crippen LogP contribution is 2.41. The lowest BCUT2D eigenvalue weighted by Crippen LogP contribution is -2.42. The Kier molecular flexibility index (Phi) is 3.71. The maximum absolute atomic E-state index is 13.0. The number of rotatable bonds is 2. The lowest BCUT2D eigenvalue weighted by atomic mass is 9.73. The molecule has 1 aliphatic heterocycles. The van der Waals surface area contributed by atoms with Gasteiger partial charge in [-0.3, -0.25) is 0 Å². The molecule has 7 heteroatoms. The van der Waals surface area contributed by atoms with Crippen molar-refractivity contribution in [2.75, 3.05) is 6.54 Å². The molecule has 1 atom stereocenters. The summed E-state index contributed by atoms with van der Waals surface area (Å²) >= 11 is 0. The van der Waals surface area contributed by atoms with Crippen LogP contribution in [0.4, 0.5) is 13.2 Å². The molecule has 1 aromatic heterocycles. The fourth-order valence-corrected chi connectivity index (χ4v) is 3.73. The van der Waals surface area contributed by atoms with Gasteiger partial charge in [0.25, 0.3) is 0 Å². The van der Waals surface area contributed by atoms with Crippen LogP contribution in [-0.4, -0.2) is 27.5 Å². The minimum atomic E-state index is -4.15. The van der Waals surface area contributed by atoms with Crippen molar-refractivity contribution in [1.82, 2.24) is 14.8 Å². The first-order valence-corrected chi connectivity index (χ1v) is 7.66. The Morgan fingerprint density at radius 1 is 1.19 bits per heavy atom. The Labute approximate surface area is 121 Å². The van der Waals surface area contributed by atoms with Gasteiger partial charge in [-0.05, 0) is 19.3 Å². The van der Waals surface area contributed by atoms with E-state index in [0.717, 1.165) is 32.1 Å². The summed E-state index contributed by atoms with van der Waals surface area (Å²) in [5.41, 5.74) is 5.70. The Bertz CT molecular complexity index is 503. The zero-order valence-corrected chi connectivity index (χ0v) is 12.0. The van der Waals surface area contributed by atoms with Crippen LogP contribution in [0.2, 0.25) is 0 Å².